The molecule has 0 saturated carbocycles. The fourth-order valence-corrected chi connectivity index (χ4v) is 1.12. The average Bonchev–Trinajstić information content (AvgIpc) is 2.21. The Morgan fingerprint density at radius 3 is 2.53 bits per heavy atom. The number of hydrogen-bond donors (Lipinski definition) is 1. The summed E-state index contributed by atoms with van der Waals surface area (Å²) < 4.78 is 39.9. The van der Waals surface area contributed by atoms with E-state index < -0.39 is 17.9 Å². The lowest BCUT2D eigenvalue weighted by atomic mass is 10.1. The molecule has 88 valence electrons. The van der Waals surface area contributed by atoms with Crippen molar-refractivity contribution < 1.29 is 17.9 Å². The smallest absolute Gasteiger partial charge is 0.401 e. The number of nitrogens with two attached hydrogens (primary N) is 1. The van der Waals surface area contributed by atoms with Gasteiger partial charge >= 0.3 is 6.36 Å². The predicted octanol–water partition coefficient (Wildman–Crippen LogP) is 1.50. The summed E-state index contributed by atoms with van der Waals surface area (Å²) in [6.45, 7) is 0. The molecular formula is C9H5F3N4O. The maximum atomic E-state index is 12.1. The molecule has 0 atom stereocenters. The molecule has 2 N–H and O–H groups in total. The molecule has 0 amide bonds. The van der Waals surface area contributed by atoms with Crippen molar-refractivity contribution >= 4 is 5.82 Å². The number of halogens is 3. The normalized spacial score (nSPS) is 10.4. The summed E-state index contributed by atoms with van der Waals surface area (Å²) in [6, 6.07) is 4.30. The summed E-state index contributed by atoms with van der Waals surface area (Å²) >= 11 is 0. The van der Waals surface area contributed by atoms with Crippen LogP contribution in [0.4, 0.5) is 19.0 Å². The molecule has 1 aromatic heterocycles. The Balaban J connectivity index is 3.28. The van der Waals surface area contributed by atoms with E-state index in [-0.39, 0.29) is 17.7 Å². The Bertz CT molecular complexity index is 513. The third kappa shape index (κ3) is 3.24. The zero-order valence-electron chi connectivity index (χ0n) is 8.25. The quantitative estimate of drug-likeness (QED) is 0.847. The SMILES string of the molecule is N#CCc1cc(C#N)nc(N)c1OC(F)(F)F. The van der Waals surface area contributed by atoms with Gasteiger partial charge in [-0.3, -0.25) is 0 Å². The van der Waals surface area contributed by atoms with Crippen LogP contribution < -0.4 is 10.5 Å². The molecule has 0 spiro atoms. The van der Waals surface area contributed by atoms with Gasteiger partial charge in [-0.15, -0.1) is 13.2 Å². The summed E-state index contributed by atoms with van der Waals surface area (Å²) in [4.78, 5) is 3.40. The first-order valence-corrected chi connectivity index (χ1v) is 4.19. The number of ether oxygens (including phenoxy) is 1. The highest BCUT2D eigenvalue weighted by Crippen LogP contribution is 2.31. The van der Waals surface area contributed by atoms with Gasteiger partial charge < -0.3 is 10.5 Å². The molecule has 0 radical (unpaired) electrons. The van der Waals surface area contributed by atoms with Gasteiger partial charge in [-0.2, -0.15) is 10.5 Å². The van der Waals surface area contributed by atoms with Crippen molar-refractivity contribution in [2.75, 3.05) is 5.73 Å². The third-order valence-electron chi connectivity index (χ3n) is 1.68. The highest BCUT2D eigenvalue weighted by molar-refractivity contribution is 5.54. The lowest BCUT2D eigenvalue weighted by Crippen LogP contribution is -2.19. The number of nitrogens with zero attached hydrogens (tertiary/aromatic N) is 3. The molecule has 0 saturated heterocycles. The van der Waals surface area contributed by atoms with Crippen LogP contribution in [0.5, 0.6) is 5.75 Å². The lowest BCUT2D eigenvalue weighted by Gasteiger charge is -2.13. The summed E-state index contributed by atoms with van der Waals surface area (Å²) in [5.41, 5.74) is 4.93. The molecule has 0 aliphatic rings. The highest BCUT2D eigenvalue weighted by atomic mass is 19.4. The summed E-state index contributed by atoms with van der Waals surface area (Å²) in [5.74, 6) is -1.32. The van der Waals surface area contributed by atoms with Gasteiger partial charge in [-0.25, -0.2) is 4.98 Å². The lowest BCUT2D eigenvalue weighted by molar-refractivity contribution is -0.274. The van der Waals surface area contributed by atoms with Crippen LogP contribution in [0.25, 0.3) is 0 Å². The van der Waals surface area contributed by atoms with E-state index in [1.54, 1.807) is 12.1 Å². The first-order chi connectivity index (χ1) is 7.87. The molecule has 5 nitrogen and oxygen atoms in total. The number of nitriles is 2. The van der Waals surface area contributed by atoms with Gasteiger partial charge in [0.2, 0.25) is 0 Å². The Morgan fingerprint density at radius 1 is 1.41 bits per heavy atom. The first kappa shape index (κ1) is 12.6. The van der Waals surface area contributed by atoms with Crippen molar-refractivity contribution in [3.63, 3.8) is 0 Å². The van der Waals surface area contributed by atoms with Crippen LogP contribution in [0.2, 0.25) is 0 Å². The van der Waals surface area contributed by atoms with Crippen molar-refractivity contribution in [1.82, 2.24) is 4.98 Å². The van der Waals surface area contributed by atoms with Crippen molar-refractivity contribution in [2.24, 2.45) is 0 Å². The molecule has 17 heavy (non-hydrogen) atoms. The second kappa shape index (κ2) is 4.58. The Labute approximate surface area is 93.8 Å². The fourth-order valence-electron chi connectivity index (χ4n) is 1.12. The van der Waals surface area contributed by atoms with E-state index >= 15 is 0 Å². The van der Waals surface area contributed by atoms with Crippen molar-refractivity contribution in [3.8, 4) is 17.9 Å². The van der Waals surface area contributed by atoms with E-state index in [1.165, 1.54) is 0 Å². The maximum absolute atomic E-state index is 12.1. The average molecular weight is 242 g/mol. The molecule has 1 rings (SSSR count). The first-order valence-electron chi connectivity index (χ1n) is 4.19. The van der Waals surface area contributed by atoms with E-state index in [9.17, 15) is 13.2 Å². The van der Waals surface area contributed by atoms with Gasteiger partial charge in [0.15, 0.2) is 11.6 Å². The van der Waals surface area contributed by atoms with Crippen LogP contribution in [0.15, 0.2) is 6.07 Å². The summed E-state index contributed by atoms with van der Waals surface area (Å²) in [6.07, 6.45) is -5.30. The van der Waals surface area contributed by atoms with E-state index in [0.717, 1.165) is 6.07 Å². The minimum Gasteiger partial charge on any atom is -0.401 e. The Kier molecular flexibility index (Phi) is 3.39. The van der Waals surface area contributed by atoms with Gasteiger partial charge in [0, 0.05) is 5.56 Å². The van der Waals surface area contributed by atoms with Crippen molar-refractivity contribution in [2.45, 2.75) is 12.8 Å². The fraction of sp³-hybridized carbons (Fsp3) is 0.222. The number of anilines is 1. The predicted molar refractivity (Wildman–Crippen MR) is 49.4 cm³/mol. The molecule has 0 aromatic carbocycles. The van der Waals surface area contributed by atoms with E-state index in [4.69, 9.17) is 16.3 Å². The molecule has 0 aliphatic carbocycles. The standard InChI is InChI=1S/C9H5F3N4O/c10-9(11,12)17-7-5(1-2-13)3-6(4-14)16-8(7)15/h3H,1H2,(H2,15,16). The molecule has 0 unspecified atom stereocenters. The van der Waals surface area contributed by atoms with Gasteiger partial charge in [-0.1, -0.05) is 0 Å². The molecule has 0 aliphatic heterocycles. The van der Waals surface area contributed by atoms with Gasteiger partial charge in [0.1, 0.15) is 11.8 Å². The Morgan fingerprint density at radius 2 is 2.06 bits per heavy atom. The zero-order valence-corrected chi connectivity index (χ0v) is 8.25. The van der Waals surface area contributed by atoms with Crippen LogP contribution in [-0.4, -0.2) is 11.3 Å². The largest absolute Gasteiger partial charge is 0.573 e. The second-order valence-electron chi connectivity index (χ2n) is 2.88. The number of pyridine rings is 1. The number of hydrogen-bond acceptors (Lipinski definition) is 5. The van der Waals surface area contributed by atoms with Gasteiger partial charge in [0.25, 0.3) is 0 Å². The van der Waals surface area contributed by atoms with Gasteiger partial charge in [0.05, 0.1) is 12.5 Å². The minimum absolute atomic E-state index is 0.131. The van der Waals surface area contributed by atoms with Crippen LogP contribution >= 0.6 is 0 Å². The number of alkyl halides is 3. The second-order valence-corrected chi connectivity index (χ2v) is 2.88. The highest BCUT2D eigenvalue weighted by Gasteiger charge is 2.33. The summed E-state index contributed by atoms with van der Waals surface area (Å²) in [5, 5.41) is 17.0. The van der Waals surface area contributed by atoms with Crippen LogP contribution in [0, 0.1) is 22.7 Å². The minimum atomic E-state index is -4.94. The topological polar surface area (TPSA) is 95.7 Å². The molecule has 0 bridgehead atoms. The number of rotatable bonds is 2. The maximum Gasteiger partial charge on any atom is 0.573 e. The molecule has 1 aromatic rings. The van der Waals surface area contributed by atoms with Crippen molar-refractivity contribution in [1.29, 1.82) is 10.5 Å². The Hall–Kier alpha value is -2.48. The van der Waals surface area contributed by atoms with Gasteiger partial charge in [-0.05, 0) is 6.07 Å². The van der Waals surface area contributed by atoms with E-state index in [1.807, 2.05) is 0 Å². The monoisotopic (exact) mass is 242 g/mol. The van der Waals surface area contributed by atoms with Crippen LogP contribution in [0.1, 0.15) is 11.3 Å². The molecule has 1 heterocycles. The molecule has 0 fully saturated rings. The van der Waals surface area contributed by atoms with E-state index in [0.29, 0.717) is 0 Å². The van der Waals surface area contributed by atoms with E-state index in [2.05, 4.69) is 9.72 Å². The molecule has 8 heteroatoms. The number of nitrogen functional groups attached to an aromatic ring is 1. The summed E-state index contributed by atoms with van der Waals surface area (Å²) in [7, 11) is 0. The third-order valence-corrected chi connectivity index (χ3v) is 1.68. The van der Waals surface area contributed by atoms with Crippen LogP contribution in [-0.2, 0) is 6.42 Å². The zero-order chi connectivity index (χ0) is 13.1. The van der Waals surface area contributed by atoms with Crippen molar-refractivity contribution in [3.05, 3.63) is 17.3 Å². The number of aromatic nitrogens is 1. The molecular weight excluding hydrogens is 237 g/mol. The van der Waals surface area contributed by atoms with Crippen LogP contribution in [0.3, 0.4) is 0 Å².